The summed E-state index contributed by atoms with van der Waals surface area (Å²) < 4.78 is 5.72. The van der Waals surface area contributed by atoms with Gasteiger partial charge >= 0.3 is 0 Å². The first-order valence-corrected chi connectivity index (χ1v) is 9.41. The Morgan fingerprint density at radius 2 is 2.25 bits per heavy atom. The van der Waals surface area contributed by atoms with Crippen LogP contribution < -0.4 is 4.74 Å². The van der Waals surface area contributed by atoms with Gasteiger partial charge in [0.25, 0.3) is 0 Å². The van der Waals surface area contributed by atoms with E-state index in [-0.39, 0.29) is 17.9 Å². The maximum Gasteiger partial charge on any atom is 0.226 e. The number of carbonyl (C=O) groups excluding carboxylic acids is 1. The molecule has 1 aromatic heterocycles. The van der Waals surface area contributed by atoms with Crippen LogP contribution in [-0.2, 0) is 17.9 Å². The fourth-order valence-electron chi connectivity index (χ4n) is 2.44. The molecule has 24 heavy (non-hydrogen) atoms. The second-order valence-electron chi connectivity index (χ2n) is 6.31. The number of hydrogen-bond acceptors (Lipinski definition) is 4. The minimum atomic E-state index is 0.186. The van der Waals surface area contributed by atoms with Gasteiger partial charge in [-0.25, -0.2) is 4.98 Å². The van der Waals surface area contributed by atoms with Gasteiger partial charge in [-0.2, -0.15) is 0 Å². The van der Waals surface area contributed by atoms with E-state index in [1.807, 2.05) is 28.5 Å². The van der Waals surface area contributed by atoms with Crippen LogP contribution in [0.25, 0.3) is 0 Å². The highest BCUT2D eigenvalue weighted by Crippen LogP contribution is 2.32. The summed E-state index contributed by atoms with van der Waals surface area (Å²) in [4.78, 5) is 18.9. The first-order chi connectivity index (χ1) is 11.5. The largest absolute Gasteiger partial charge is 0.486 e. The number of carbonyl (C=O) groups is 1. The Hall–Kier alpha value is -1.59. The molecule has 1 aliphatic rings. The smallest absolute Gasteiger partial charge is 0.226 e. The molecule has 1 saturated carbocycles. The van der Waals surface area contributed by atoms with Crippen LogP contribution in [0.4, 0.5) is 0 Å². The highest BCUT2D eigenvalue weighted by molar-refractivity contribution is 7.09. The third kappa shape index (κ3) is 4.48. The van der Waals surface area contributed by atoms with E-state index >= 15 is 0 Å². The fraction of sp³-hybridized carbons (Fsp3) is 0.444. The summed E-state index contributed by atoms with van der Waals surface area (Å²) >= 11 is 7.50. The quantitative estimate of drug-likeness (QED) is 0.725. The van der Waals surface area contributed by atoms with Gasteiger partial charge in [0.1, 0.15) is 17.4 Å². The summed E-state index contributed by atoms with van der Waals surface area (Å²) in [6.07, 6.45) is 2.05. The van der Waals surface area contributed by atoms with Crippen LogP contribution in [0, 0.1) is 5.92 Å². The summed E-state index contributed by atoms with van der Waals surface area (Å²) in [5.41, 5.74) is 0.924. The molecule has 1 heterocycles. The molecule has 2 aromatic rings. The van der Waals surface area contributed by atoms with Crippen LogP contribution in [0.5, 0.6) is 5.75 Å². The van der Waals surface area contributed by atoms with Crippen molar-refractivity contribution in [2.24, 2.45) is 5.92 Å². The number of hydrogen-bond donors (Lipinski definition) is 0. The lowest BCUT2D eigenvalue weighted by molar-refractivity contribution is -0.135. The molecule has 0 radical (unpaired) electrons. The standard InChI is InChI=1S/C18H21ClN2O2S/c1-12(2)21(18(22)13-6-7-13)9-15-11-24-17(20-15)10-23-16-5-3-4-14(19)8-16/h3-5,8,11-13H,6-7,9-10H2,1-2H3. The minimum Gasteiger partial charge on any atom is -0.486 e. The van der Waals surface area contributed by atoms with Crippen molar-refractivity contribution in [1.82, 2.24) is 9.88 Å². The molecule has 1 aliphatic carbocycles. The van der Waals surface area contributed by atoms with Gasteiger partial charge < -0.3 is 9.64 Å². The molecule has 0 bridgehead atoms. The summed E-state index contributed by atoms with van der Waals surface area (Å²) in [5, 5.41) is 3.55. The molecule has 0 spiro atoms. The molecule has 0 N–H and O–H groups in total. The number of thiazole rings is 1. The van der Waals surface area contributed by atoms with Crippen LogP contribution in [0.1, 0.15) is 37.4 Å². The van der Waals surface area contributed by atoms with E-state index in [0.717, 1.165) is 29.3 Å². The van der Waals surface area contributed by atoms with E-state index in [2.05, 4.69) is 18.8 Å². The average molecular weight is 365 g/mol. The summed E-state index contributed by atoms with van der Waals surface area (Å²) in [5.74, 6) is 1.22. The number of aromatic nitrogens is 1. The maximum atomic E-state index is 12.4. The Bertz CT molecular complexity index is 713. The van der Waals surface area contributed by atoms with Crippen LogP contribution in [0.2, 0.25) is 5.02 Å². The number of amides is 1. The summed E-state index contributed by atoms with van der Waals surface area (Å²) in [6, 6.07) is 7.51. The van der Waals surface area contributed by atoms with Gasteiger partial charge in [0.2, 0.25) is 5.91 Å². The topological polar surface area (TPSA) is 42.4 Å². The molecule has 4 nitrogen and oxygen atoms in total. The van der Waals surface area contributed by atoms with Crippen molar-refractivity contribution in [2.75, 3.05) is 0 Å². The van der Waals surface area contributed by atoms with E-state index < -0.39 is 0 Å². The van der Waals surface area contributed by atoms with E-state index in [9.17, 15) is 4.79 Å². The third-order valence-corrected chi connectivity index (χ3v) is 5.03. The predicted octanol–water partition coefficient (Wildman–Crippen LogP) is 4.52. The molecule has 6 heteroatoms. The third-order valence-electron chi connectivity index (χ3n) is 3.92. The Morgan fingerprint density at radius 3 is 2.92 bits per heavy atom. The maximum absolute atomic E-state index is 12.4. The van der Waals surface area contributed by atoms with Crippen LogP contribution in [0.15, 0.2) is 29.6 Å². The molecule has 0 saturated heterocycles. The van der Waals surface area contributed by atoms with E-state index in [1.54, 1.807) is 17.4 Å². The molecular weight excluding hydrogens is 344 g/mol. The fourth-order valence-corrected chi connectivity index (χ4v) is 3.32. The number of benzene rings is 1. The number of halogens is 1. The first-order valence-electron chi connectivity index (χ1n) is 8.15. The second-order valence-corrected chi connectivity index (χ2v) is 7.69. The molecule has 0 unspecified atom stereocenters. The van der Waals surface area contributed by atoms with Gasteiger partial charge in [0.15, 0.2) is 0 Å². The highest BCUT2D eigenvalue weighted by atomic mass is 35.5. The van der Waals surface area contributed by atoms with E-state index in [0.29, 0.717) is 18.2 Å². The molecule has 3 rings (SSSR count). The Kier molecular flexibility index (Phi) is 5.41. The number of rotatable bonds is 7. The van der Waals surface area contributed by atoms with Gasteiger partial charge in [-0.3, -0.25) is 4.79 Å². The molecule has 1 aromatic carbocycles. The molecule has 128 valence electrons. The van der Waals surface area contributed by atoms with E-state index in [4.69, 9.17) is 16.3 Å². The lowest BCUT2D eigenvalue weighted by Crippen LogP contribution is -2.37. The SMILES string of the molecule is CC(C)N(Cc1csc(COc2cccc(Cl)c2)n1)C(=O)C1CC1. The van der Waals surface area contributed by atoms with E-state index in [1.165, 1.54) is 0 Å². The predicted molar refractivity (Wildman–Crippen MR) is 96.3 cm³/mol. The zero-order chi connectivity index (χ0) is 17.1. The Balaban J connectivity index is 1.59. The second kappa shape index (κ2) is 7.53. The van der Waals surface area contributed by atoms with Crippen LogP contribution >= 0.6 is 22.9 Å². The summed E-state index contributed by atoms with van der Waals surface area (Å²) in [7, 11) is 0. The monoisotopic (exact) mass is 364 g/mol. The van der Waals surface area contributed by atoms with Crippen molar-refractivity contribution in [3.05, 3.63) is 45.4 Å². The lowest BCUT2D eigenvalue weighted by atomic mass is 10.2. The molecule has 1 amide bonds. The van der Waals surface area contributed by atoms with Gasteiger partial charge in [-0.1, -0.05) is 17.7 Å². The average Bonchev–Trinajstić information content (AvgIpc) is 3.30. The summed E-state index contributed by atoms with van der Waals surface area (Å²) in [6.45, 7) is 5.08. The number of nitrogens with zero attached hydrogens (tertiary/aromatic N) is 2. The normalized spacial score (nSPS) is 14.0. The molecule has 0 atom stereocenters. The lowest BCUT2D eigenvalue weighted by Gasteiger charge is -2.26. The Morgan fingerprint density at radius 1 is 1.46 bits per heavy atom. The van der Waals surface area contributed by atoms with Gasteiger partial charge in [0, 0.05) is 22.4 Å². The highest BCUT2D eigenvalue weighted by Gasteiger charge is 2.34. The van der Waals surface area contributed by atoms with Crippen molar-refractivity contribution in [1.29, 1.82) is 0 Å². The van der Waals surface area contributed by atoms with Crippen LogP contribution in [-0.4, -0.2) is 21.8 Å². The Labute approximate surface area is 151 Å². The van der Waals surface area contributed by atoms with Crippen LogP contribution in [0.3, 0.4) is 0 Å². The van der Waals surface area contributed by atoms with Crippen molar-refractivity contribution in [2.45, 2.75) is 45.9 Å². The molecule has 0 aliphatic heterocycles. The van der Waals surface area contributed by atoms with Crippen molar-refractivity contribution in [3.8, 4) is 5.75 Å². The van der Waals surface area contributed by atoms with Gasteiger partial charge in [0.05, 0.1) is 12.2 Å². The van der Waals surface area contributed by atoms with Gasteiger partial charge in [-0.15, -0.1) is 11.3 Å². The molecule has 1 fully saturated rings. The van der Waals surface area contributed by atoms with Crippen molar-refractivity contribution >= 4 is 28.8 Å². The zero-order valence-corrected chi connectivity index (χ0v) is 15.4. The first kappa shape index (κ1) is 17.2. The zero-order valence-electron chi connectivity index (χ0n) is 13.9. The molecular formula is C18H21ClN2O2S. The van der Waals surface area contributed by atoms with Crippen molar-refractivity contribution < 1.29 is 9.53 Å². The minimum absolute atomic E-state index is 0.186. The van der Waals surface area contributed by atoms with Gasteiger partial charge in [-0.05, 0) is 44.9 Å². The van der Waals surface area contributed by atoms with Crippen molar-refractivity contribution in [3.63, 3.8) is 0 Å². The number of ether oxygens (including phenoxy) is 1.